The lowest BCUT2D eigenvalue weighted by atomic mass is 9.96. The first-order chi connectivity index (χ1) is 13.5. The molecule has 3 amide bonds. The molecule has 1 aliphatic heterocycles. The number of carbonyl (C=O) groups excluding carboxylic acids is 2. The number of hydrogen-bond donors (Lipinski definition) is 3. The number of rotatable bonds is 4. The second-order valence-corrected chi connectivity index (χ2v) is 7.19. The zero-order valence-electron chi connectivity index (χ0n) is 15.8. The summed E-state index contributed by atoms with van der Waals surface area (Å²) in [4.78, 5) is 30.7. The average Bonchev–Trinajstić information content (AvgIpc) is 2.69. The maximum atomic E-state index is 13.2. The van der Waals surface area contributed by atoms with Gasteiger partial charge in [-0.1, -0.05) is 19.3 Å². The molecule has 5 N–H and O–H groups in total. The van der Waals surface area contributed by atoms with E-state index in [4.69, 9.17) is 11.5 Å². The first-order valence-electron chi connectivity index (χ1n) is 9.60. The Morgan fingerprint density at radius 3 is 2.43 bits per heavy atom. The topological polar surface area (TPSA) is 114 Å². The number of amides is 3. The van der Waals surface area contributed by atoms with Crippen molar-refractivity contribution in [1.82, 2.24) is 10.2 Å². The fourth-order valence-electron chi connectivity index (χ4n) is 3.66. The predicted octanol–water partition coefficient (Wildman–Crippen LogP) is 1.78. The maximum absolute atomic E-state index is 13.2. The van der Waals surface area contributed by atoms with E-state index in [9.17, 15) is 14.0 Å². The minimum absolute atomic E-state index is 0.0711. The fraction of sp³-hybridized carbons (Fsp3) is 0.450. The Hall–Kier alpha value is -2.90. The van der Waals surface area contributed by atoms with Crippen LogP contribution in [-0.4, -0.2) is 48.2 Å². The number of nitrogens with two attached hydrogens (primary N) is 2. The molecule has 0 aromatic heterocycles. The molecule has 1 saturated carbocycles. The lowest BCUT2D eigenvalue weighted by Crippen LogP contribution is -2.50. The SMILES string of the molecule is NC(=O)C(C1=NCCN(C(=O)NC2CCCCC2)C1)=C(N)c1ccc(F)cc1. The van der Waals surface area contributed by atoms with Crippen molar-refractivity contribution in [2.45, 2.75) is 38.1 Å². The second-order valence-electron chi connectivity index (χ2n) is 7.19. The highest BCUT2D eigenvalue weighted by molar-refractivity contribution is 6.26. The van der Waals surface area contributed by atoms with Crippen molar-refractivity contribution < 1.29 is 14.0 Å². The van der Waals surface area contributed by atoms with E-state index < -0.39 is 11.7 Å². The quantitative estimate of drug-likeness (QED) is 0.684. The minimum Gasteiger partial charge on any atom is -0.398 e. The van der Waals surface area contributed by atoms with Crippen LogP contribution in [-0.2, 0) is 4.79 Å². The molecule has 3 rings (SSSR count). The van der Waals surface area contributed by atoms with Crippen LogP contribution in [0.1, 0.15) is 37.7 Å². The predicted molar refractivity (Wildman–Crippen MR) is 106 cm³/mol. The van der Waals surface area contributed by atoms with Crippen molar-refractivity contribution in [3.63, 3.8) is 0 Å². The van der Waals surface area contributed by atoms with Gasteiger partial charge in [-0.05, 0) is 42.7 Å². The van der Waals surface area contributed by atoms with Crippen molar-refractivity contribution in [3.8, 4) is 0 Å². The normalized spacial score (nSPS) is 18.9. The number of urea groups is 1. The first kappa shape index (κ1) is 19.9. The van der Waals surface area contributed by atoms with Crippen LogP contribution in [0, 0.1) is 5.82 Å². The lowest BCUT2D eigenvalue weighted by Gasteiger charge is -2.31. The molecule has 0 atom stereocenters. The van der Waals surface area contributed by atoms with Gasteiger partial charge >= 0.3 is 6.03 Å². The third-order valence-electron chi connectivity index (χ3n) is 5.19. The number of halogens is 1. The number of aliphatic imine (C=N–C) groups is 1. The van der Waals surface area contributed by atoms with E-state index in [0.29, 0.717) is 24.4 Å². The van der Waals surface area contributed by atoms with Crippen molar-refractivity contribution in [2.24, 2.45) is 16.5 Å². The molecule has 1 aromatic rings. The maximum Gasteiger partial charge on any atom is 0.318 e. The van der Waals surface area contributed by atoms with Gasteiger partial charge in [-0.25, -0.2) is 9.18 Å². The number of carbonyl (C=O) groups is 2. The van der Waals surface area contributed by atoms with Gasteiger partial charge in [0.15, 0.2) is 0 Å². The van der Waals surface area contributed by atoms with Gasteiger partial charge in [0.1, 0.15) is 5.82 Å². The van der Waals surface area contributed by atoms with Gasteiger partial charge < -0.3 is 21.7 Å². The highest BCUT2D eigenvalue weighted by Gasteiger charge is 2.27. The molecule has 0 spiro atoms. The summed E-state index contributed by atoms with van der Waals surface area (Å²) in [6.45, 7) is 0.976. The van der Waals surface area contributed by atoms with Crippen molar-refractivity contribution in [1.29, 1.82) is 0 Å². The highest BCUT2D eigenvalue weighted by atomic mass is 19.1. The zero-order chi connectivity index (χ0) is 20.1. The lowest BCUT2D eigenvalue weighted by molar-refractivity contribution is -0.114. The molecule has 0 unspecified atom stereocenters. The van der Waals surface area contributed by atoms with E-state index in [1.807, 2.05) is 0 Å². The van der Waals surface area contributed by atoms with E-state index >= 15 is 0 Å². The average molecular weight is 387 g/mol. The summed E-state index contributed by atoms with van der Waals surface area (Å²) >= 11 is 0. The highest BCUT2D eigenvalue weighted by Crippen LogP contribution is 2.19. The van der Waals surface area contributed by atoms with Crippen LogP contribution in [0.4, 0.5) is 9.18 Å². The van der Waals surface area contributed by atoms with Crippen molar-refractivity contribution >= 4 is 23.3 Å². The van der Waals surface area contributed by atoms with E-state index in [0.717, 1.165) is 25.7 Å². The zero-order valence-corrected chi connectivity index (χ0v) is 15.8. The van der Waals surface area contributed by atoms with Gasteiger partial charge in [0.05, 0.1) is 30.1 Å². The van der Waals surface area contributed by atoms with Crippen LogP contribution in [0.25, 0.3) is 5.70 Å². The summed E-state index contributed by atoms with van der Waals surface area (Å²) in [5, 5.41) is 3.07. The minimum atomic E-state index is -0.727. The summed E-state index contributed by atoms with van der Waals surface area (Å²) in [5.41, 5.74) is 12.7. The third kappa shape index (κ3) is 4.68. The molecule has 0 bridgehead atoms. The van der Waals surface area contributed by atoms with E-state index in [1.165, 1.54) is 30.7 Å². The van der Waals surface area contributed by atoms with E-state index in [2.05, 4.69) is 10.3 Å². The molecule has 0 radical (unpaired) electrons. The molecular weight excluding hydrogens is 361 g/mol. The summed E-state index contributed by atoms with van der Waals surface area (Å²) < 4.78 is 13.2. The number of nitrogens with one attached hydrogen (secondary N) is 1. The van der Waals surface area contributed by atoms with Crippen LogP contribution in [0.5, 0.6) is 0 Å². The Bertz CT molecular complexity index is 797. The van der Waals surface area contributed by atoms with Crippen LogP contribution in [0.15, 0.2) is 34.8 Å². The second kappa shape index (κ2) is 8.86. The number of primary amides is 1. The number of benzene rings is 1. The Morgan fingerprint density at radius 2 is 1.79 bits per heavy atom. The van der Waals surface area contributed by atoms with Crippen molar-refractivity contribution in [3.05, 3.63) is 41.2 Å². The summed E-state index contributed by atoms with van der Waals surface area (Å²) in [5.74, 6) is -1.13. The molecule has 1 aromatic carbocycles. The molecule has 150 valence electrons. The molecular formula is C20H26FN5O2. The van der Waals surface area contributed by atoms with Gasteiger partial charge in [-0.2, -0.15) is 0 Å². The van der Waals surface area contributed by atoms with Gasteiger partial charge in [0.2, 0.25) is 0 Å². The van der Waals surface area contributed by atoms with Gasteiger partial charge in [-0.15, -0.1) is 0 Å². The summed E-state index contributed by atoms with van der Waals surface area (Å²) in [7, 11) is 0. The smallest absolute Gasteiger partial charge is 0.318 e. The van der Waals surface area contributed by atoms with Crippen LogP contribution >= 0.6 is 0 Å². The van der Waals surface area contributed by atoms with E-state index in [-0.39, 0.29) is 29.9 Å². The molecule has 8 heteroatoms. The molecule has 7 nitrogen and oxygen atoms in total. The molecule has 28 heavy (non-hydrogen) atoms. The molecule has 1 fully saturated rings. The van der Waals surface area contributed by atoms with Crippen molar-refractivity contribution in [2.75, 3.05) is 19.6 Å². The number of nitrogens with zero attached hydrogens (tertiary/aromatic N) is 2. The first-order valence-corrected chi connectivity index (χ1v) is 9.60. The number of hydrogen-bond acceptors (Lipinski definition) is 4. The largest absolute Gasteiger partial charge is 0.398 e. The van der Waals surface area contributed by atoms with Gasteiger partial charge in [0.25, 0.3) is 5.91 Å². The Labute approximate surface area is 163 Å². The molecule has 1 aliphatic carbocycles. The van der Waals surface area contributed by atoms with Crippen LogP contribution in [0.2, 0.25) is 0 Å². The van der Waals surface area contributed by atoms with Gasteiger partial charge in [-0.3, -0.25) is 9.79 Å². The fourth-order valence-corrected chi connectivity index (χ4v) is 3.66. The molecule has 1 heterocycles. The van der Waals surface area contributed by atoms with Crippen LogP contribution in [0.3, 0.4) is 0 Å². The standard InChI is InChI=1S/C20H26FN5O2/c21-14-8-6-13(7-9-14)18(22)17(19(23)27)16-12-26(11-10-24-16)20(28)25-15-4-2-1-3-5-15/h6-9,15H,1-5,10-12,22H2,(H2,23,27)(H,25,28). The van der Waals surface area contributed by atoms with Gasteiger partial charge in [0, 0.05) is 12.6 Å². The molecule has 2 aliphatic rings. The molecule has 0 saturated heterocycles. The Morgan fingerprint density at radius 1 is 1.11 bits per heavy atom. The third-order valence-corrected chi connectivity index (χ3v) is 5.19. The Kier molecular flexibility index (Phi) is 6.28. The summed E-state index contributed by atoms with van der Waals surface area (Å²) in [6.07, 6.45) is 5.44. The summed E-state index contributed by atoms with van der Waals surface area (Å²) in [6, 6.07) is 5.50. The Balaban J connectivity index is 1.77. The monoisotopic (exact) mass is 387 g/mol. The van der Waals surface area contributed by atoms with Crippen LogP contribution < -0.4 is 16.8 Å². The van der Waals surface area contributed by atoms with E-state index in [1.54, 1.807) is 4.90 Å².